The van der Waals surface area contributed by atoms with E-state index in [-0.39, 0.29) is 5.91 Å². The molecule has 1 amide bonds. The van der Waals surface area contributed by atoms with Crippen LogP contribution in [0.3, 0.4) is 0 Å². The highest BCUT2D eigenvalue weighted by atomic mass is 16.1. The average Bonchev–Trinajstić information content (AvgIpc) is 2.76. The van der Waals surface area contributed by atoms with Crippen molar-refractivity contribution in [1.82, 2.24) is 9.78 Å². The fraction of sp³-hybridized carbons (Fsp3) is 0.333. The molecule has 0 spiro atoms. The summed E-state index contributed by atoms with van der Waals surface area (Å²) in [4.78, 5) is 12.5. The molecular weight excluding hydrogens is 252 g/mol. The number of benzene rings is 1. The van der Waals surface area contributed by atoms with Crippen molar-refractivity contribution < 1.29 is 4.79 Å². The lowest BCUT2D eigenvalue weighted by Gasteiger charge is -2.20. The molecule has 1 aromatic heterocycles. The van der Waals surface area contributed by atoms with Gasteiger partial charge in [-0.3, -0.25) is 9.48 Å². The zero-order valence-corrected chi connectivity index (χ0v) is 11.7. The number of aromatic nitrogens is 2. The molecule has 0 radical (unpaired) electrons. The van der Waals surface area contributed by atoms with Crippen molar-refractivity contribution in [2.24, 2.45) is 7.05 Å². The Kier molecular flexibility index (Phi) is 3.18. The van der Waals surface area contributed by atoms with Crippen LogP contribution >= 0.6 is 0 Å². The number of nitrogens with one attached hydrogen (secondary N) is 2. The van der Waals surface area contributed by atoms with Crippen LogP contribution in [0.4, 0.5) is 11.4 Å². The van der Waals surface area contributed by atoms with Gasteiger partial charge in [0.2, 0.25) is 0 Å². The molecule has 20 heavy (non-hydrogen) atoms. The van der Waals surface area contributed by atoms with Gasteiger partial charge < -0.3 is 10.6 Å². The molecule has 3 rings (SSSR count). The molecule has 0 unspecified atom stereocenters. The number of anilines is 2. The minimum absolute atomic E-state index is 0.0679. The van der Waals surface area contributed by atoms with E-state index in [1.54, 1.807) is 4.68 Å². The normalized spacial score (nSPS) is 13.5. The molecule has 104 valence electrons. The molecule has 0 bridgehead atoms. The highest BCUT2D eigenvalue weighted by Gasteiger charge is 2.18. The lowest BCUT2D eigenvalue weighted by Crippen LogP contribution is -2.19. The Morgan fingerprint density at radius 3 is 3.05 bits per heavy atom. The number of fused-ring (bicyclic) bond motifs is 1. The topological polar surface area (TPSA) is 59.0 Å². The van der Waals surface area contributed by atoms with Crippen LogP contribution in [0.25, 0.3) is 0 Å². The van der Waals surface area contributed by atoms with Gasteiger partial charge in [-0.15, -0.1) is 0 Å². The summed E-state index contributed by atoms with van der Waals surface area (Å²) in [7, 11) is 1.84. The molecule has 2 heterocycles. The van der Waals surface area contributed by atoms with E-state index in [1.165, 1.54) is 0 Å². The maximum atomic E-state index is 12.5. The summed E-state index contributed by atoms with van der Waals surface area (Å²) in [5, 5.41) is 10.5. The van der Waals surface area contributed by atoms with Gasteiger partial charge >= 0.3 is 0 Å². The van der Waals surface area contributed by atoms with Crippen molar-refractivity contribution in [2.75, 3.05) is 17.2 Å². The van der Waals surface area contributed by atoms with Crippen LogP contribution in [0.5, 0.6) is 0 Å². The molecule has 0 fully saturated rings. The smallest absolute Gasteiger partial charge is 0.256 e. The monoisotopic (exact) mass is 270 g/mol. The maximum Gasteiger partial charge on any atom is 0.256 e. The number of carbonyl (C=O) groups is 1. The van der Waals surface area contributed by atoms with Gasteiger partial charge in [-0.05, 0) is 37.5 Å². The Bertz CT molecular complexity index is 660. The molecule has 1 aliphatic rings. The van der Waals surface area contributed by atoms with E-state index >= 15 is 0 Å². The van der Waals surface area contributed by atoms with Crippen LogP contribution in [0.1, 0.15) is 28.0 Å². The first-order valence-corrected chi connectivity index (χ1v) is 6.82. The van der Waals surface area contributed by atoms with Gasteiger partial charge in [-0.1, -0.05) is 6.07 Å². The van der Waals surface area contributed by atoms with Crippen LogP contribution in [0.2, 0.25) is 0 Å². The summed E-state index contributed by atoms with van der Waals surface area (Å²) < 4.78 is 1.70. The fourth-order valence-corrected chi connectivity index (χ4v) is 2.63. The Balaban J connectivity index is 1.89. The zero-order valence-electron chi connectivity index (χ0n) is 11.7. The van der Waals surface area contributed by atoms with E-state index in [1.807, 2.05) is 38.4 Å². The van der Waals surface area contributed by atoms with Gasteiger partial charge in [0.1, 0.15) is 0 Å². The van der Waals surface area contributed by atoms with Gasteiger partial charge in [0.05, 0.1) is 11.4 Å². The number of carbonyl (C=O) groups excluding carboxylic acids is 1. The standard InChI is InChI=1S/C15H18N4O/c1-10-14(9-19(2)18-10)17-15(20)12-5-3-7-13-11(12)6-4-8-16-13/h3,5,7,9,16H,4,6,8H2,1-2H3,(H,17,20). The van der Waals surface area contributed by atoms with Gasteiger partial charge in [-0.2, -0.15) is 5.10 Å². The summed E-state index contributed by atoms with van der Waals surface area (Å²) in [5.74, 6) is -0.0679. The van der Waals surface area contributed by atoms with Gasteiger partial charge in [0, 0.05) is 31.0 Å². The van der Waals surface area contributed by atoms with Crippen molar-refractivity contribution in [3.63, 3.8) is 0 Å². The molecule has 5 nitrogen and oxygen atoms in total. The van der Waals surface area contributed by atoms with Crippen molar-refractivity contribution >= 4 is 17.3 Å². The zero-order chi connectivity index (χ0) is 14.1. The van der Waals surface area contributed by atoms with Crippen molar-refractivity contribution in [3.05, 3.63) is 41.2 Å². The molecule has 0 saturated carbocycles. The van der Waals surface area contributed by atoms with E-state index in [0.717, 1.165) is 47.6 Å². The third-order valence-corrected chi connectivity index (χ3v) is 3.60. The Hall–Kier alpha value is -2.30. The second-order valence-electron chi connectivity index (χ2n) is 5.12. The van der Waals surface area contributed by atoms with E-state index in [0.29, 0.717) is 0 Å². The van der Waals surface area contributed by atoms with E-state index in [2.05, 4.69) is 15.7 Å². The van der Waals surface area contributed by atoms with E-state index in [9.17, 15) is 4.79 Å². The Labute approximate surface area is 118 Å². The summed E-state index contributed by atoms with van der Waals surface area (Å²) in [5.41, 5.74) is 4.52. The molecule has 0 saturated heterocycles. The average molecular weight is 270 g/mol. The minimum Gasteiger partial charge on any atom is -0.385 e. The van der Waals surface area contributed by atoms with Crippen molar-refractivity contribution in [1.29, 1.82) is 0 Å². The molecule has 5 heteroatoms. The third-order valence-electron chi connectivity index (χ3n) is 3.60. The predicted octanol–water partition coefficient (Wildman–Crippen LogP) is 2.34. The molecule has 2 aromatic rings. The lowest BCUT2D eigenvalue weighted by molar-refractivity contribution is 0.102. The Morgan fingerprint density at radius 2 is 2.30 bits per heavy atom. The molecule has 1 aromatic carbocycles. The van der Waals surface area contributed by atoms with Gasteiger partial charge in [0.25, 0.3) is 5.91 Å². The number of hydrogen-bond donors (Lipinski definition) is 2. The first-order valence-electron chi connectivity index (χ1n) is 6.82. The second-order valence-corrected chi connectivity index (χ2v) is 5.12. The van der Waals surface area contributed by atoms with Gasteiger partial charge in [0.15, 0.2) is 0 Å². The summed E-state index contributed by atoms with van der Waals surface area (Å²) >= 11 is 0. The third kappa shape index (κ3) is 2.27. The fourth-order valence-electron chi connectivity index (χ4n) is 2.63. The van der Waals surface area contributed by atoms with E-state index < -0.39 is 0 Å². The van der Waals surface area contributed by atoms with Crippen LogP contribution < -0.4 is 10.6 Å². The molecule has 2 N–H and O–H groups in total. The summed E-state index contributed by atoms with van der Waals surface area (Å²) in [6.45, 7) is 2.86. The highest BCUT2D eigenvalue weighted by molar-refractivity contribution is 6.06. The lowest BCUT2D eigenvalue weighted by atomic mass is 9.97. The van der Waals surface area contributed by atoms with Crippen molar-refractivity contribution in [3.8, 4) is 0 Å². The van der Waals surface area contributed by atoms with Gasteiger partial charge in [-0.25, -0.2) is 0 Å². The molecule has 1 aliphatic heterocycles. The van der Waals surface area contributed by atoms with Crippen LogP contribution in [-0.2, 0) is 13.5 Å². The van der Waals surface area contributed by atoms with Crippen LogP contribution in [-0.4, -0.2) is 22.2 Å². The maximum absolute atomic E-state index is 12.5. The number of rotatable bonds is 2. The van der Waals surface area contributed by atoms with Crippen molar-refractivity contribution in [2.45, 2.75) is 19.8 Å². The molecular formula is C15H18N4O. The predicted molar refractivity (Wildman–Crippen MR) is 79.2 cm³/mol. The highest BCUT2D eigenvalue weighted by Crippen LogP contribution is 2.26. The van der Waals surface area contributed by atoms with Crippen LogP contribution in [0, 0.1) is 6.92 Å². The Morgan fingerprint density at radius 1 is 1.45 bits per heavy atom. The quantitative estimate of drug-likeness (QED) is 0.880. The minimum atomic E-state index is -0.0679. The van der Waals surface area contributed by atoms with Crippen LogP contribution in [0.15, 0.2) is 24.4 Å². The first kappa shape index (κ1) is 12.7. The second kappa shape index (κ2) is 5.00. The SMILES string of the molecule is Cc1nn(C)cc1NC(=O)c1cccc2c1CCCN2. The summed E-state index contributed by atoms with van der Waals surface area (Å²) in [6.07, 6.45) is 3.82. The molecule has 0 atom stereocenters. The summed E-state index contributed by atoms with van der Waals surface area (Å²) in [6, 6.07) is 5.83. The number of nitrogens with zero attached hydrogens (tertiary/aromatic N) is 2. The largest absolute Gasteiger partial charge is 0.385 e. The number of hydrogen-bond acceptors (Lipinski definition) is 3. The number of amides is 1. The molecule has 0 aliphatic carbocycles. The number of aryl methyl sites for hydroxylation is 2. The first-order chi connectivity index (χ1) is 9.65. The van der Waals surface area contributed by atoms with E-state index in [4.69, 9.17) is 0 Å².